The molecule has 0 amide bonds. The first-order valence-corrected chi connectivity index (χ1v) is 7.78. The van der Waals surface area contributed by atoms with E-state index in [-0.39, 0.29) is 10.6 Å². The molecule has 1 aromatic heterocycles. The van der Waals surface area contributed by atoms with Gasteiger partial charge in [0.05, 0.1) is 19.3 Å². The van der Waals surface area contributed by atoms with Crippen molar-refractivity contribution in [3.63, 3.8) is 0 Å². The SMILES string of the molecule is CC[C@H]1S[C@@H](n2ccc(=O)[nH]c2=O)C(OCCOC)[C@H]1O. The number of methoxy groups -OCH3 is 1. The number of rotatable bonds is 6. The summed E-state index contributed by atoms with van der Waals surface area (Å²) < 4.78 is 12.0. The molecule has 118 valence electrons. The smallest absolute Gasteiger partial charge is 0.329 e. The van der Waals surface area contributed by atoms with E-state index in [1.807, 2.05) is 6.92 Å². The third-order valence-corrected chi connectivity index (χ3v) is 5.17. The highest BCUT2D eigenvalue weighted by molar-refractivity contribution is 8.00. The number of nitrogens with zero attached hydrogens (tertiary/aromatic N) is 1. The van der Waals surface area contributed by atoms with Crippen molar-refractivity contribution < 1.29 is 14.6 Å². The minimum absolute atomic E-state index is 0.0126. The summed E-state index contributed by atoms with van der Waals surface area (Å²) in [6.45, 7) is 2.73. The maximum Gasteiger partial charge on any atom is 0.329 e. The molecule has 21 heavy (non-hydrogen) atoms. The lowest BCUT2D eigenvalue weighted by Gasteiger charge is -2.23. The predicted molar refractivity (Wildman–Crippen MR) is 79.7 cm³/mol. The Kier molecular flexibility index (Phi) is 5.63. The Balaban J connectivity index is 2.25. The van der Waals surface area contributed by atoms with Gasteiger partial charge in [-0.05, 0) is 6.42 Å². The van der Waals surface area contributed by atoms with Crippen LogP contribution in [0.25, 0.3) is 0 Å². The maximum atomic E-state index is 11.9. The summed E-state index contributed by atoms with van der Waals surface area (Å²) in [5.74, 6) is 0. The van der Waals surface area contributed by atoms with Gasteiger partial charge in [0.15, 0.2) is 0 Å². The van der Waals surface area contributed by atoms with E-state index in [0.29, 0.717) is 13.2 Å². The van der Waals surface area contributed by atoms with Crippen LogP contribution in [0.3, 0.4) is 0 Å². The van der Waals surface area contributed by atoms with Crippen LogP contribution < -0.4 is 11.2 Å². The molecular formula is C13H20N2O5S. The topological polar surface area (TPSA) is 93.6 Å². The zero-order chi connectivity index (χ0) is 15.4. The number of nitrogens with one attached hydrogen (secondary N) is 1. The fraction of sp³-hybridized carbons (Fsp3) is 0.692. The lowest BCUT2D eigenvalue weighted by molar-refractivity contribution is -0.0537. The van der Waals surface area contributed by atoms with E-state index in [9.17, 15) is 14.7 Å². The molecule has 1 unspecified atom stereocenters. The number of aromatic amines is 1. The van der Waals surface area contributed by atoms with E-state index in [4.69, 9.17) is 9.47 Å². The standard InChI is InChI=1S/C13H20N2O5S/c1-3-8-10(17)11(20-7-6-19-2)12(21-8)15-5-4-9(16)14-13(15)18/h4-5,8,10-12,17H,3,6-7H2,1-2H3,(H,14,16,18)/t8-,10+,11?,12-/m1/s1. The van der Waals surface area contributed by atoms with Crippen molar-refractivity contribution >= 4 is 11.8 Å². The molecule has 1 aliphatic heterocycles. The Morgan fingerprint density at radius 3 is 2.81 bits per heavy atom. The second-order valence-electron chi connectivity index (χ2n) is 4.81. The first kappa shape index (κ1) is 16.3. The summed E-state index contributed by atoms with van der Waals surface area (Å²) >= 11 is 1.48. The second kappa shape index (κ2) is 7.26. The second-order valence-corrected chi connectivity index (χ2v) is 6.17. The summed E-state index contributed by atoms with van der Waals surface area (Å²) in [5.41, 5.74) is -0.937. The molecule has 2 N–H and O–H groups in total. The van der Waals surface area contributed by atoms with Crippen molar-refractivity contribution in [2.24, 2.45) is 0 Å². The number of thioether (sulfide) groups is 1. The first-order chi connectivity index (χ1) is 10.1. The van der Waals surface area contributed by atoms with Crippen molar-refractivity contribution in [2.75, 3.05) is 20.3 Å². The number of aromatic nitrogens is 2. The Bertz CT molecular complexity index is 572. The van der Waals surface area contributed by atoms with Gasteiger partial charge in [-0.1, -0.05) is 6.92 Å². The minimum atomic E-state index is -0.666. The van der Waals surface area contributed by atoms with E-state index < -0.39 is 23.5 Å². The van der Waals surface area contributed by atoms with Crippen molar-refractivity contribution in [3.8, 4) is 0 Å². The summed E-state index contributed by atoms with van der Waals surface area (Å²) in [6.07, 6.45) is 1.03. The molecule has 0 bridgehead atoms. The predicted octanol–water partition coefficient (Wildman–Crippen LogP) is -0.0469. The molecule has 7 nitrogen and oxygen atoms in total. The maximum absolute atomic E-state index is 11.9. The van der Waals surface area contributed by atoms with E-state index in [0.717, 1.165) is 6.42 Å². The van der Waals surface area contributed by atoms with Gasteiger partial charge in [-0.15, -0.1) is 11.8 Å². The third kappa shape index (κ3) is 3.57. The normalized spacial score (nSPS) is 28.9. The number of aliphatic hydroxyl groups is 1. The molecular weight excluding hydrogens is 296 g/mol. The molecule has 1 aliphatic rings. The van der Waals surface area contributed by atoms with Gasteiger partial charge in [-0.2, -0.15) is 0 Å². The monoisotopic (exact) mass is 316 g/mol. The number of hydrogen-bond acceptors (Lipinski definition) is 6. The van der Waals surface area contributed by atoms with Crippen LogP contribution in [0.15, 0.2) is 21.9 Å². The Morgan fingerprint density at radius 1 is 1.43 bits per heavy atom. The van der Waals surface area contributed by atoms with Crippen molar-refractivity contribution in [2.45, 2.75) is 36.2 Å². The average Bonchev–Trinajstić information content (AvgIpc) is 2.76. The molecule has 0 saturated carbocycles. The number of aliphatic hydroxyl groups excluding tert-OH is 1. The van der Waals surface area contributed by atoms with Crippen LogP contribution >= 0.6 is 11.8 Å². The van der Waals surface area contributed by atoms with E-state index in [2.05, 4.69) is 4.98 Å². The van der Waals surface area contributed by atoms with Crippen molar-refractivity contribution in [1.82, 2.24) is 9.55 Å². The Hall–Kier alpha value is -1.09. The largest absolute Gasteiger partial charge is 0.389 e. The first-order valence-electron chi connectivity index (χ1n) is 6.84. The summed E-state index contributed by atoms with van der Waals surface area (Å²) in [7, 11) is 1.57. The molecule has 0 spiro atoms. The molecule has 4 atom stereocenters. The van der Waals surface area contributed by atoms with Gasteiger partial charge in [-0.3, -0.25) is 14.3 Å². The van der Waals surface area contributed by atoms with E-state index in [1.54, 1.807) is 7.11 Å². The Morgan fingerprint density at radius 2 is 2.19 bits per heavy atom. The molecule has 0 aliphatic carbocycles. The Labute approximate surface area is 126 Å². The lowest BCUT2D eigenvalue weighted by Crippen LogP contribution is -2.39. The van der Waals surface area contributed by atoms with Crippen LogP contribution in [0, 0.1) is 0 Å². The highest BCUT2D eigenvalue weighted by Crippen LogP contribution is 2.43. The van der Waals surface area contributed by atoms with Gasteiger partial charge in [-0.25, -0.2) is 4.79 Å². The van der Waals surface area contributed by atoms with Crippen LogP contribution in [-0.4, -0.2) is 52.4 Å². The van der Waals surface area contributed by atoms with Crippen LogP contribution in [0.2, 0.25) is 0 Å². The van der Waals surface area contributed by atoms with Gasteiger partial charge in [0.25, 0.3) is 5.56 Å². The van der Waals surface area contributed by atoms with Crippen LogP contribution in [0.4, 0.5) is 0 Å². The number of hydrogen-bond donors (Lipinski definition) is 2. The molecule has 1 aromatic rings. The fourth-order valence-electron chi connectivity index (χ4n) is 2.35. The van der Waals surface area contributed by atoms with Crippen molar-refractivity contribution in [1.29, 1.82) is 0 Å². The summed E-state index contributed by atoms with van der Waals surface area (Å²) in [5, 5.41) is 9.97. The average molecular weight is 316 g/mol. The summed E-state index contributed by atoms with van der Waals surface area (Å²) in [4.78, 5) is 25.3. The molecule has 8 heteroatoms. The van der Waals surface area contributed by atoms with Crippen LogP contribution in [0.5, 0.6) is 0 Å². The third-order valence-electron chi connectivity index (χ3n) is 3.44. The zero-order valence-corrected chi connectivity index (χ0v) is 12.8. The summed E-state index contributed by atoms with van der Waals surface area (Å²) in [6, 6.07) is 1.29. The van der Waals surface area contributed by atoms with E-state index in [1.165, 1.54) is 28.6 Å². The lowest BCUT2D eigenvalue weighted by atomic mass is 10.1. The van der Waals surface area contributed by atoms with Crippen molar-refractivity contribution in [3.05, 3.63) is 33.1 Å². The van der Waals surface area contributed by atoms with Gasteiger partial charge < -0.3 is 14.6 Å². The minimum Gasteiger partial charge on any atom is -0.389 e. The van der Waals surface area contributed by atoms with Gasteiger partial charge >= 0.3 is 5.69 Å². The van der Waals surface area contributed by atoms with Gasteiger partial charge in [0, 0.05) is 24.6 Å². The fourth-order valence-corrected chi connectivity index (χ4v) is 3.91. The molecule has 1 saturated heterocycles. The van der Waals surface area contributed by atoms with Crippen LogP contribution in [0.1, 0.15) is 18.7 Å². The zero-order valence-electron chi connectivity index (χ0n) is 12.0. The molecule has 2 heterocycles. The van der Waals surface area contributed by atoms with Crippen LogP contribution in [-0.2, 0) is 9.47 Å². The molecule has 2 rings (SSSR count). The highest BCUT2D eigenvalue weighted by Gasteiger charge is 2.44. The molecule has 0 aromatic carbocycles. The highest BCUT2D eigenvalue weighted by atomic mass is 32.2. The molecule has 1 fully saturated rings. The van der Waals surface area contributed by atoms with Gasteiger partial charge in [0.2, 0.25) is 0 Å². The van der Waals surface area contributed by atoms with E-state index >= 15 is 0 Å². The number of ether oxygens (including phenoxy) is 2. The quantitative estimate of drug-likeness (QED) is 0.715. The molecule has 0 radical (unpaired) electrons. The van der Waals surface area contributed by atoms with Gasteiger partial charge in [0.1, 0.15) is 11.5 Å². The number of H-pyrrole nitrogens is 1.